The van der Waals surface area contributed by atoms with Crippen molar-refractivity contribution >= 4 is 11.6 Å². The highest BCUT2D eigenvalue weighted by Crippen LogP contribution is 2.17. The van der Waals surface area contributed by atoms with E-state index in [1.165, 1.54) is 5.69 Å². The van der Waals surface area contributed by atoms with Gasteiger partial charge < -0.3 is 14.4 Å². The van der Waals surface area contributed by atoms with Crippen molar-refractivity contribution in [1.29, 1.82) is 0 Å². The normalized spacial score (nSPS) is 16.6. The standard InChI is InChI=1S/C17H22N4O/c1-15(21-8-7-18-14-21)13-17(22)20-11-9-19(10-12-20)16-5-3-2-4-6-16/h2-8,14-15H,9-13H2,1H3. The number of benzene rings is 1. The minimum atomic E-state index is 0.155. The molecule has 1 aromatic carbocycles. The van der Waals surface area contributed by atoms with Crippen LogP contribution in [0.4, 0.5) is 5.69 Å². The summed E-state index contributed by atoms with van der Waals surface area (Å²) >= 11 is 0. The first-order valence-corrected chi connectivity index (χ1v) is 7.79. The lowest BCUT2D eigenvalue weighted by Gasteiger charge is -2.36. The Morgan fingerprint density at radius 3 is 2.55 bits per heavy atom. The molecule has 5 nitrogen and oxygen atoms in total. The molecule has 0 aliphatic carbocycles. The number of rotatable bonds is 4. The van der Waals surface area contributed by atoms with Gasteiger partial charge in [-0.1, -0.05) is 18.2 Å². The predicted octanol–water partition coefficient (Wildman–Crippen LogP) is 2.18. The summed E-state index contributed by atoms with van der Waals surface area (Å²) in [6.07, 6.45) is 5.96. The number of carbonyl (C=O) groups is 1. The Bertz CT molecular complexity index is 588. The fraction of sp³-hybridized carbons (Fsp3) is 0.412. The molecule has 1 atom stereocenters. The lowest BCUT2D eigenvalue weighted by molar-refractivity contribution is -0.132. The van der Waals surface area contributed by atoms with Crippen molar-refractivity contribution in [2.75, 3.05) is 31.1 Å². The van der Waals surface area contributed by atoms with Gasteiger partial charge in [0.2, 0.25) is 5.91 Å². The molecular formula is C17H22N4O. The summed E-state index contributed by atoms with van der Waals surface area (Å²) in [6.45, 7) is 5.44. The lowest BCUT2D eigenvalue weighted by Crippen LogP contribution is -2.49. The topological polar surface area (TPSA) is 41.4 Å². The second-order valence-electron chi connectivity index (χ2n) is 5.77. The molecule has 2 aromatic rings. The fourth-order valence-corrected chi connectivity index (χ4v) is 2.87. The molecule has 22 heavy (non-hydrogen) atoms. The lowest BCUT2D eigenvalue weighted by atomic mass is 10.2. The monoisotopic (exact) mass is 298 g/mol. The number of carbonyl (C=O) groups excluding carboxylic acids is 1. The van der Waals surface area contributed by atoms with Crippen LogP contribution in [0, 0.1) is 0 Å². The van der Waals surface area contributed by atoms with Crippen molar-refractivity contribution in [3.8, 4) is 0 Å². The molecular weight excluding hydrogens is 276 g/mol. The van der Waals surface area contributed by atoms with Gasteiger partial charge >= 0.3 is 0 Å². The zero-order valence-corrected chi connectivity index (χ0v) is 12.9. The van der Waals surface area contributed by atoms with Gasteiger partial charge in [-0.2, -0.15) is 0 Å². The van der Waals surface area contributed by atoms with Gasteiger partial charge in [-0.25, -0.2) is 4.98 Å². The smallest absolute Gasteiger partial charge is 0.224 e. The van der Waals surface area contributed by atoms with E-state index >= 15 is 0 Å². The summed E-state index contributed by atoms with van der Waals surface area (Å²) in [7, 11) is 0. The van der Waals surface area contributed by atoms with Crippen LogP contribution in [0.2, 0.25) is 0 Å². The van der Waals surface area contributed by atoms with Gasteiger partial charge in [0.05, 0.1) is 6.33 Å². The highest BCUT2D eigenvalue weighted by atomic mass is 16.2. The van der Waals surface area contributed by atoms with Gasteiger partial charge in [-0.15, -0.1) is 0 Å². The van der Waals surface area contributed by atoms with Gasteiger partial charge in [-0.05, 0) is 19.1 Å². The molecule has 2 heterocycles. The van der Waals surface area contributed by atoms with Crippen LogP contribution >= 0.6 is 0 Å². The van der Waals surface area contributed by atoms with Crippen molar-refractivity contribution in [3.63, 3.8) is 0 Å². The molecule has 1 aliphatic rings. The summed E-state index contributed by atoms with van der Waals surface area (Å²) in [5, 5.41) is 0. The number of piperazine rings is 1. The maximum Gasteiger partial charge on any atom is 0.224 e. The van der Waals surface area contributed by atoms with Gasteiger partial charge in [-0.3, -0.25) is 4.79 Å². The largest absolute Gasteiger partial charge is 0.368 e. The van der Waals surface area contributed by atoms with Crippen LogP contribution in [-0.4, -0.2) is 46.5 Å². The first kappa shape index (κ1) is 14.6. The van der Waals surface area contributed by atoms with Crippen LogP contribution in [0.5, 0.6) is 0 Å². The molecule has 0 bridgehead atoms. The van der Waals surface area contributed by atoms with Crippen molar-refractivity contribution in [2.45, 2.75) is 19.4 Å². The minimum Gasteiger partial charge on any atom is -0.368 e. The van der Waals surface area contributed by atoms with E-state index in [0.717, 1.165) is 26.2 Å². The minimum absolute atomic E-state index is 0.155. The summed E-state index contributed by atoms with van der Waals surface area (Å²) in [4.78, 5) is 20.8. The molecule has 1 saturated heterocycles. The molecule has 1 fully saturated rings. The zero-order valence-electron chi connectivity index (χ0n) is 12.9. The molecule has 3 rings (SSSR count). The third kappa shape index (κ3) is 3.30. The molecule has 1 aromatic heterocycles. The molecule has 1 amide bonds. The Labute approximate surface area is 131 Å². The van der Waals surface area contributed by atoms with E-state index in [9.17, 15) is 4.79 Å². The summed E-state index contributed by atoms with van der Waals surface area (Å²) in [5.41, 5.74) is 1.24. The summed E-state index contributed by atoms with van der Waals surface area (Å²) in [5.74, 6) is 0.230. The van der Waals surface area contributed by atoms with Crippen molar-refractivity contribution < 1.29 is 4.79 Å². The van der Waals surface area contributed by atoms with Crippen LogP contribution in [0.25, 0.3) is 0 Å². The quantitative estimate of drug-likeness (QED) is 0.869. The SMILES string of the molecule is CC(CC(=O)N1CCN(c2ccccc2)CC1)n1ccnc1. The van der Waals surface area contributed by atoms with Gasteiger partial charge in [0.25, 0.3) is 0 Å². The van der Waals surface area contributed by atoms with Crippen LogP contribution in [-0.2, 0) is 4.79 Å². The Kier molecular flexibility index (Phi) is 4.42. The number of hydrogen-bond acceptors (Lipinski definition) is 3. The second-order valence-corrected chi connectivity index (χ2v) is 5.77. The average molecular weight is 298 g/mol. The summed E-state index contributed by atoms with van der Waals surface area (Å²) in [6, 6.07) is 10.5. The van der Waals surface area contributed by atoms with Gasteiger partial charge in [0, 0.05) is 56.7 Å². The van der Waals surface area contributed by atoms with Crippen molar-refractivity contribution in [1.82, 2.24) is 14.5 Å². The number of para-hydroxylation sites is 1. The average Bonchev–Trinajstić information content (AvgIpc) is 3.10. The van der Waals surface area contributed by atoms with Crippen LogP contribution in [0.15, 0.2) is 49.1 Å². The maximum absolute atomic E-state index is 12.4. The predicted molar refractivity (Wildman–Crippen MR) is 86.8 cm³/mol. The molecule has 1 aliphatic heterocycles. The van der Waals surface area contributed by atoms with Crippen molar-refractivity contribution in [3.05, 3.63) is 49.1 Å². The first-order valence-electron chi connectivity index (χ1n) is 7.79. The third-order valence-corrected chi connectivity index (χ3v) is 4.26. The Hall–Kier alpha value is -2.30. The number of hydrogen-bond donors (Lipinski definition) is 0. The van der Waals surface area contributed by atoms with E-state index in [-0.39, 0.29) is 11.9 Å². The van der Waals surface area contributed by atoms with Gasteiger partial charge in [0.15, 0.2) is 0 Å². The number of amides is 1. The van der Waals surface area contributed by atoms with E-state index in [0.29, 0.717) is 6.42 Å². The highest BCUT2D eigenvalue weighted by molar-refractivity contribution is 5.77. The zero-order chi connectivity index (χ0) is 15.4. The summed E-state index contributed by atoms with van der Waals surface area (Å²) < 4.78 is 1.98. The number of nitrogens with zero attached hydrogens (tertiary/aromatic N) is 4. The Morgan fingerprint density at radius 1 is 1.18 bits per heavy atom. The molecule has 5 heteroatoms. The molecule has 0 spiro atoms. The van der Waals surface area contributed by atoms with E-state index in [2.05, 4.69) is 41.1 Å². The second kappa shape index (κ2) is 6.64. The first-order chi connectivity index (χ1) is 10.7. The molecule has 1 unspecified atom stereocenters. The Morgan fingerprint density at radius 2 is 1.91 bits per heavy atom. The van der Waals surface area contributed by atoms with E-state index in [1.807, 2.05) is 21.7 Å². The van der Waals surface area contributed by atoms with Gasteiger partial charge in [0.1, 0.15) is 0 Å². The number of imidazole rings is 1. The highest BCUT2D eigenvalue weighted by Gasteiger charge is 2.22. The van der Waals surface area contributed by atoms with Crippen LogP contribution in [0.1, 0.15) is 19.4 Å². The maximum atomic E-state index is 12.4. The fourth-order valence-electron chi connectivity index (χ4n) is 2.87. The van der Waals surface area contributed by atoms with E-state index in [4.69, 9.17) is 0 Å². The van der Waals surface area contributed by atoms with Crippen LogP contribution in [0.3, 0.4) is 0 Å². The molecule has 0 radical (unpaired) electrons. The third-order valence-electron chi connectivity index (χ3n) is 4.26. The molecule has 116 valence electrons. The van der Waals surface area contributed by atoms with Crippen LogP contribution < -0.4 is 4.90 Å². The number of aromatic nitrogens is 2. The van der Waals surface area contributed by atoms with E-state index in [1.54, 1.807) is 12.5 Å². The Balaban J connectivity index is 1.52. The van der Waals surface area contributed by atoms with E-state index < -0.39 is 0 Å². The molecule has 0 N–H and O–H groups in total. The van der Waals surface area contributed by atoms with Crippen molar-refractivity contribution in [2.24, 2.45) is 0 Å². The molecule has 0 saturated carbocycles. The number of anilines is 1.